The Bertz CT molecular complexity index is 445. The van der Waals surface area contributed by atoms with E-state index in [-0.39, 0.29) is 49.5 Å². The highest BCUT2D eigenvalue weighted by molar-refractivity contribution is 5.78. The van der Waals surface area contributed by atoms with Gasteiger partial charge in [0.2, 0.25) is 11.8 Å². The Labute approximate surface area is 161 Å². The molecule has 2 atom stereocenters. The molecule has 0 bridgehead atoms. The van der Waals surface area contributed by atoms with E-state index in [0.717, 1.165) is 26.1 Å². The van der Waals surface area contributed by atoms with E-state index in [0.29, 0.717) is 25.4 Å². The van der Waals surface area contributed by atoms with Crippen molar-refractivity contribution >= 4 is 5.91 Å². The fourth-order valence-electron chi connectivity index (χ4n) is 3.38. The summed E-state index contributed by atoms with van der Waals surface area (Å²) in [7, 11) is 0. The molecule has 27 heavy (non-hydrogen) atoms. The molecular weight excluding hydrogens is 356 g/mol. The lowest BCUT2D eigenvalue weighted by molar-refractivity contribution is -0.128. The monoisotopic (exact) mass is 391 g/mol. The Morgan fingerprint density at radius 3 is 2.37 bits per heavy atom. The van der Waals surface area contributed by atoms with Crippen molar-refractivity contribution in [3.63, 3.8) is 0 Å². The first-order valence-electron chi connectivity index (χ1n) is 10.3. The number of rotatable bonds is 9. The first-order chi connectivity index (χ1) is 12.8. The van der Waals surface area contributed by atoms with Gasteiger partial charge in [0.15, 0.2) is 0 Å². The highest BCUT2D eigenvalue weighted by atomic mass is 19.3. The second-order valence-corrected chi connectivity index (χ2v) is 8.25. The van der Waals surface area contributed by atoms with Gasteiger partial charge in [0.05, 0.1) is 31.5 Å². The highest BCUT2D eigenvalue weighted by Gasteiger charge is 2.36. The van der Waals surface area contributed by atoms with Crippen molar-refractivity contribution in [3.05, 3.63) is 0 Å². The van der Waals surface area contributed by atoms with Gasteiger partial charge in [-0.05, 0) is 38.5 Å². The molecule has 1 amide bonds. The lowest BCUT2D eigenvalue weighted by Gasteiger charge is -2.32. The van der Waals surface area contributed by atoms with Crippen LogP contribution in [0.25, 0.3) is 0 Å². The minimum atomic E-state index is -2.56. The van der Waals surface area contributed by atoms with E-state index in [1.165, 1.54) is 0 Å². The third-order valence-electron chi connectivity index (χ3n) is 5.53. The van der Waals surface area contributed by atoms with E-state index in [4.69, 9.17) is 14.2 Å². The molecule has 1 aliphatic carbocycles. The Kier molecular flexibility index (Phi) is 8.89. The van der Waals surface area contributed by atoms with Gasteiger partial charge in [-0.2, -0.15) is 0 Å². The van der Waals surface area contributed by atoms with Crippen molar-refractivity contribution in [2.75, 3.05) is 26.4 Å². The number of ether oxygens (including phenoxy) is 3. The minimum Gasteiger partial charge on any atom is -0.381 e. The maximum Gasteiger partial charge on any atom is 0.248 e. The van der Waals surface area contributed by atoms with Gasteiger partial charge in [0, 0.05) is 32.0 Å². The SMILES string of the molecule is CC(C)C(=O)NC(COC1CCC(F)(F)CC1)C(C)OCC1CCOCC1. The summed E-state index contributed by atoms with van der Waals surface area (Å²) in [5.41, 5.74) is 0. The van der Waals surface area contributed by atoms with E-state index in [2.05, 4.69) is 5.32 Å². The fourth-order valence-corrected chi connectivity index (χ4v) is 3.38. The molecule has 2 rings (SSSR count). The van der Waals surface area contributed by atoms with Gasteiger partial charge < -0.3 is 19.5 Å². The summed E-state index contributed by atoms with van der Waals surface area (Å²) < 4.78 is 43.9. The molecule has 5 nitrogen and oxygen atoms in total. The van der Waals surface area contributed by atoms with E-state index >= 15 is 0 Å². The standard InChI is InChI=1S/C20H35F2NO4/c1-14(2)19(24)23-18(13-27-17-4-8-20(21,22)9-5-17)15(3)26-12-16-6-10-25-11-7-16/h14-18H,4-13H2,1-3H3,(H,23,24). The molecule has 0 spiro atoms. The number of halogens is 2. The largest absolute Gasteiger partial charge is 0.381 e. The van der Waals surface area contributed by atoms with E-state index in [9.17, 15) is 13.6 Å². The van der Waals surface area contributed by atoms with Crippen LogP contribution in [-0.2, 0) is 19.0 Å². The molecule has 2 unspecified atom stereocenters. The summed E-state index contributed by atoms with van der Waals surface area (Å²) in [4.78, 5) is 12.2. The van der Waals surface area contributed by atoms with Crippen LogP contribution >= 0.6 is 0 Å². The van der Waals surface area contributed by atoms with Crippen LogP contribution in [0.4, 0.5) is 8.78 Å². The average Bonchev–Trinajstić information content (AvgIpc) is 2.64. The van der Waals surface area contributed by atoms with Gasteiger partial charge in [0.1, 0.15) is 0 Å². The van der Waals surface area contributed by atoms with Crippen LogP contribution in [0, 0.1) is 11.8 Å². The van der Waals surface area contributed by atoms with Crippen molar-refractivity contribution in [1.29, 1.82) is 0 Å². The lowest BCUT2D eigenvalue weighted by Crippen LogP contribution is -2.49. The third kappa shape index (κ3) is 8.00. The topological polar surface area (TPSA) is 56.8 Å². The molecule has 7 heteroatoms. The molecule has 1 saturated carbocycles. The van der Waals surface area contributed by atoms with Gasteiger partial charge >= 0.3 is 0 Å². The molecule has 2 aliphatic rings. The van der Waals surface area contributed by atoms with Gasteiger partial charge in [-0.3, -0.25) is 4.79 Å². The average molecular weight is 391 g/mol. The number of carbonyl (C=O) groups excluding carboxylic acids is 1. The molecule has 158 valence electrons. The molecule has 1 aliphatic heterocycles. The molecule has 0 aromatic heterocycles. The van der Waals surface area contributed by atoms with Gasteiger partial charge in [-0.1, -0.05) is 13.8 Å². The summed E-state index contributed by atoms with van der Waals surface area (Å²) in [5.74, 6) is -2.28. The number of carbonyl (C=O) groups is 1. The van der Waals surface area contributed by atoms with Crippen molar-refractivity contribution in [2.24, 2.45) is 11.8 Å². The van der Waals surface area contributed by atoms with Gasteiger partial charge in [-0.25, -0.2) is 8.78 Å². The smallest absolute Gasteiger partial charge is 0.248 e. The Hall–Kier alpha value is -0.790. The van der Waals surface area contributed by atoms with Crippen molar-refractivity contribution < 1.29 is 27.8 Å². The molecule has 0 aromatic rings. The second-order valence-electron chi connectivity index (χ2n) is 8.25. The van der Waals surface area contributed by atoms with E-state index in [1.54, 1.807) is 0 Å². The molecule has 1 N–H and O–H groups in total. The van der Waals surface area contributed by atoms with Crippen LogP contribution in [0.5, 0.6) is 0 Å². The number of nitrogens with one attached hydrogen (secondary N) is 1. The number of hydrogen-bond donors (Lipinski definition) is 1. The van der Waals surface area contributed by atoms with Crippen LogP contribution in [0.1, 0.15) is 59.3 Å². The number of alkyl halides is 2. The predicted octanol–water partition coefficient (Wildman–Crippen LogP) is 3.55. The molecule has 0 aromatic carbocycles. The highest BCUT2D eigenvalue weighted by Crippen LogP contribution is 2.34. The van der Waals surface area contributed by atoms with Crippen molar-refractivity contribution in [3.8, 4) is 0 Å². The van der Waals surface area contributed by atoms with Crippen LogP contribution in [-0.4, -0.2) is 56.5 Å². The molecule has 0 radical (unpaired) electrons. The summed E-state index contributed by atoms with van der Waals surface area (Å²) in [6, 6.07) is -0.290. The summed E-state index contributed by atoms with van der Waals surface area (Å²) in [6.07, 6.45) is 2.05. The zero-order valence-corrected chi connectivity index (χ0v) is 16.8. The quantitative estimate of drug-likeness (QED) is 0.653. The first kappa shape index (κ1) is 22.5. The summed E-state index contributed by atoms with van der Waals surface area (Å²) in [6.45, 7) is 8.06. The Morgan fingerprint density at radius 2 is 1.78 bits per heavy atom. The summed E-state index contributed by atoms with van der Waals surface area (Å²) in [5, 5.41) is 3.00. The molecule has 1 saturated heterocycles. The van der Waals surface area contributed by atoms with Gasteiger partial charge in [0.25, 0.3) is 0 Å². The van der Waals surface area contributed by atoms with E-state index < -0.39 is 5.92 Å². The van der Waals surface area contributed by atoms with Crippen LogP contribution in [0.2, 0.25) is 0 Å². The predicted molar refractivity (Wildman–Crippen MR) is 98.9 cm³/mol. The molecule has 2 fully saturated rings. The van der Waals surface area contributed by atoms with E-state index in [1.807, 2.05) is 20.8 Å². The summed E-state index contributed by atoms with van der Waals surface area (Å²) >= 11 is 0. The van der Waals surface area contributed by atoms with Crippen LogP contribution in [0.15, 0.2) is 0 Å². The zero-order chi connectivity index (χ0) is 19.9. The second kappa shape index (κ2) is 10.7. The third-order valence-corrected chi connectivity index (χ3v) is 5.53. The zero-order valence-electron chi connectivity index (χ0n) is 16.8. The van der Waals surface area contributed by atoms with Crippen molar-refractivity contribution in [1.82, 2.24) is 5.32 Å². The number of amides is 1. The number of hydrogen-bond acceptors (Lipinski definition) is 4. The fraction of sp³-hybridized carbons (Fsp3) is 0.950. The maximum absolute atomic E-state index is 13.3. The Morgan fingerprint density at radius 1 is 1.15 bits per heavy atom. The van der Waals surface area contributed by atoms with Crippen molar-refractivity contribution in [2.45, 2.75) is 83.5 Å². The first-order valence-corrected chi connectivity index (χ1v) is 10.3. The normalized spacial score (nSPS) is 23.9. The lowest BCUT2D eigenvalue weighted by atomic mass is 9.94. The van der Waals surface area contributed by atoms with Gasteiger partial charge in [-0.15, -0.1) is 0 Å². The maximum atomic E-state index is 13.3. The molecular formula is C20H35F2NO4. The van der Waals surface area contributed by atoms with Crippen LogP contribution < -0.4 is 5.32 Å². The van der Waals surface area contributed by atoms with Crippen LogP contribution in [0.3, 0.4) is 0 Å². The molecule has 1 heterocycles. The Balaban J connectivity index is 1.82. The minimum absolute atomic E-state index is 0.0553.